The molecule has 1 aliphatic rings. The highest BCUT2D eigenvalue weighted by Crippen LogP contribution is 2.10. The van der Waals surface area contributed by atoms with Crippen molar-refractivity contribution in [2.75, 3.05) is 0 Å². The standard InChI is InChI=1S/C8H10O3/c9-8(10)5-4-7-3-1-2-6-11-7/h2,4-7H,1,3H2,(H,9,10). The summed E-state index contributed by atoms with van der Waals surface area (Å²) in [6, 6.07) is 0. The number of carboxylic acid groups (broad SMARTS) is 1. The molecule has 11 heavy (non-hydrogen) atoms. The molecule has 0 aromatic carbocycles. The van der Waals surface area contributed by atoms with E-state index in [9.17, 15) is 4.79 Å². The average molecular weight is 154 g/mol. The van der Waals surface area contributed by atoms with E-state index < -0.39 is 5.97 Å². The van der Waals surface area contributed by atoms with E-state index in [2.05, 4.69) is 0 Å². The molecule has 1 N–H and O–H groups in total. The molecular formula is C8H10O3. The zero-order valence-electron chi connectivity index (χ0n) is 6.06. The van der Waals surface area contributed by atoms with E-state index in [1.807, 2.05) is 6.08 Å². The molecule has 0 saturated heterocycles. The molecule has 0 aromatic rings. The normalized spacial score (nSPS) is 23.5. The predicted octanol–water partition coefficient (Wildman–Crippen LogP) is 1.32. The molecule has 60 valence electrons. The SMILES string of the molecule is O=C(O)C=CC1CCC=CO1. The van der Waals surface area contributed by atoms with Gasteiger partial charge in [0.1, 0.15) is 6.10 Å². The maximum Gasteiger partial charge on any atom is 0.328 e. The number of allylic oxidation sites excluding steroid dienone is 1. The second-order valence-corrected chi connectivity index (χ2v) is 2.32. The first-order valence-corrected chi connectivity index (χ1v) is 3.50. The largest absolute Gasteiger partial charge is 0.494 e. The Morgan fingerprint density at radius 2 is 2.55 bits per heavy atom. The lowest BCUT2D eigenvalue weighted by atomic mass is 10.1. The zero-order chi connectivity index (χ0) is 8.10. The van der Waals surface area contributed by atoms with Crippen LogP contribution in [0.15, 0.2) is 24.5 Å². The van der Waals surface area contributed by atoms with E-state index in [4.69, 9.17) is 9.84 Å². The molecule has 1 aliphatic heterocycles. The van der Waals surface area contributed by atoms with Gasteiger partial charge in [0, 0.05) is 6.08 Å². The molecular weight excluding hydrogens is 144 g/mol. The number of carboxylic acids is 1. The predicted molar refractivity (Wildman–Crippen MR) is 40.0 cm³/mol. The van der Waals surface area contributed by atoms with Crippen LogP contribution in [0.1, 0.15) is 12.8 Å². The number of rotatable bonds is 2. The minimum Gasteiger partial charge on any atom is -0.494 e. The molecule has 0 radical (unpaired) electrons. The van der Waals surface area contributed by atoms with Crippen molar-refractivity contribution >= 4 is 5.97 Å². The second-order valence-electron chi connectivity index (χ2n) is 2.32. The lowest BCUT2D eigenvalue weighted by molar-refractivity contribution is -0.131. The van der Waals surface area contributed by atoms with Crippen LogP contribution >= 0.6 is 0 Å². The van der Waals surface area contributed by atoms with Crippen LogP contribution in [0.4, 0.5) is 0 Å². The van der Waals surface area contributed by atoms with Gasteiger partial charge < -0.3 is 9.84 Å². The third-order valence-corrected chi connectivity index (χ3v) is 1.42. The smallest absolute Gasteiger partial charge is 0.328 e. The summed E-state index contributed by atoms with van der Waals surface area (Å²) in [7, 11) is 0. The fourth-order valence-electron chi connectivity index (χ4n) is 0.884. The molecule has 1 rings (SSSR count). The first kappa shape index (κ1) is 7.85. The number of ether oxygens (including phenoxy) is 1. The highest BCUT2D eigenvalue weighted by Gasteiger charge is 2.06. The lowest BCUT2D eigenvalue weighted by Crippen LogP contribution is -2.09. The zero-order valence-corrected chi connectivity index (χ0v) is 6.06. The van der Waals surface area contributed by atoms with Crippen LogP contribution in [0.2, 0.25) is 0 Å². The summed E-state index contributed by atoms with van der Waals surface area (Å²) in [5.74, 6) is -0.928. The molecule has 0 aliphatic carbocycles. The molecule has 1 heterocycles. The van der Waals surface area contributed by atoms with Crippen LogP contribution < -0.4 is 0 Å². The number of carbonyl (C=O) groups is 1. The third-order valence-electron chi connectivity index (χ3n) is 1.42. The third kappa shape index (κ3) is 2.89. The highest BCUT2D eigenvalue weighted by atomic mass is 16.5. The molecule has 3 heteroatoms. The van der Waals surface area contributed by atoms with Gasteiger partial charge in [-0.25, -0.2) is 4.79 Å². The van der Waals surface area contributed by atoms with Crippen molar-refractivity contribution in [3.8, 4) is 0 Å². The van der Waals surface area contributed by atoms with Gasteiger partial charge in [0.2, 0.25) is 0 Å². The number of hydrogen-bond donors (Lipinski definition) is 1. The van der Waals surface area contributed by atoms with E-state index in [0.29, 0.717) is 0 Å². The van der Waals surface area contributed by atoms with Crippen LogP contribution in [-0.4, -0.2) is 17.2 Å². The Bertz CT molecular complexity index is 194. The van der Waals surface area contributed by atoms with Crippen LogP contribution in [-0.2, 0) is 9.53 Å². The van der Waals surface area contributed by atoms with Gasteiger partial charge in [-0.05, 0) is 25.0 Å². The molecule has 1 unspecified atom stereocenters. The van der Waals surface area contributed by atoms with E-state index in [1.165, 1.54) is 0 Å². The molecule has 3 nitrogen and oxygen atoms in total. The first-order chi connectivity index (χ1) is 5.29. The number of aliphatic carboxylic acids is 1. The minimum atomic E-state index is -0.928. The summed E-state index contributed by atoms with van der Waals surface area (Å²) in [5.41, 5.74) is 0. The van der Waals surface area contributed by atoms with E-state index in [-0.39, 0.29) is 6.10 Å². The summed E-state index contributed by atoms with van der Waals surface area (Å²) < 4.78 is 5.10. The Morgan fingerprint density at radius 1 is 1.73 bits per heavy atom. The van der Waals surface area contributed by atoms with Crippen molar-refractivity contribution in [2.45, 2.75) is 18.9 Å². The summed E-state index contributed by atoms with van der Waals surface area (Å²) in [5, 5.41) is 8.28. The first-order valence-electron chi connectivity index (χ1n) is 3.50. The quantitative estimate of drug-likeness (QED) is 0.610. The van der Waals surface area contributed by atoms with Crippen molar-refractivity contribution in [2.24, 2.45) is 0 Å². The van der Waals surface area contributed by atoms with E-state index in [0.717, 1.165) is 18.9 Å². The Morgan fingerprint density at radius 3 is 3.09 bits per heavy atom. The lowest BCUT2D eigenvalue weighted by Gasteiger charge is -2.14. The molecule has 0 saturated carbocycles. The summed E-state index contributed by atoms with van der Waals surface area (Å²) in [6.07, 6.45) is 7.96. The molecule has 0 fully saturated rings. The average Bonchev–Trinajstić information content (AvgIpc) is 2.03. The van der Waals surface area contributed by atoms with Crippen molar-refractivity contribution in [1.29, 1.82) is 0 Å². The Hall–Kier alpha value is -1.25. The topological polar surface area (TPSA) is 46.5 Å². The van der Waals surface area contributed by atoms with Crippen molar-refractivity contribution in [3.05, 3.63) is 24.5 Å². The van der Waals surface area contributed by atoms with E-state index in [1.54, 1.807) is 12.3 Å². The fraction of sp³-hybridized carbons (Fsp3) is 0.375. The Labute approximate surface area is 65.0 Å². The van der Waals surface area contributed by atoms with Crippen molar-refractivity contribution in [3.63, 3.8) is 0 Å². The maximum absolute atomic E-state index is 10.1. The van der Waals surface area contributed by atoms with Crippen LogP contribution in [0.25, 0.3) is 0 Å². The van der Waals surface area contributed by atoms with Crippen LogP contribution in [0.3, 0.4) is 0 Å². The maximum atomic E-state index is 10.1. The fourth-order valence-corrected chi connectivity index (χ4v) is 0.884. The van der Waals surface area contributed by atoms with Crippen molar-refractivity contribution in [1.82, 2.24) is 0 Å². The van der Waals surface area contributed by atoms with Gasteiger partial charge in [0.25, 0.3) is 0 Å². The van der Waals surface area contributed by atoms with Gasteiger partial charge in [-0.15, -0.1) is 0 Å². The Balaban J connectivity index is 2.37. The van der Waals surface area contributed by atoms with Crippen molar-refractivity contribution < 1.29 is 14.6 Å². The molecule has 0 bridgehead atoms. The van der Waals surface area contributed by atoms with Gasteiger partial charge in [-0.2, -0.15) is 0 Å². The van der Waals surface area contributed by atoms with Crippen LogP contribution in [0, 0.1) is 0 Å². The van der Waals surface area contributed by atoms with Gasteiger partial charge in [-0.3, -0.25) is 0 Å². The second kappa shape index (κ2) is 3.81. The highest BCUT2D eigenvalue weighted by molar-refractivity contribution is 5.79. The van der Waals surface area contributed by atoms with Gasteiger partial charge in [0.15, 0.2) is 0 Å². The minimum absolute atomic E-state index is 0.0592. The summed E-state index contributed by atoms with van der Waals surface area (Å²) in [4.78, 5) is 10.1. The van der Waals surface area contributed by atoms with Crippen LogP contribution in [0.5, 0.6) is 0 Å². The summed E-state index contributed by atoms with van der Waals surface area (Å²) >= 11 is 0. The Kier molecular flexibility index (Phi) is 2.72. The number of hydrogen-bond acceptors (Lipinski definition) is 2. The van der Waals surface area contributed by atoms with Gasteiger partial charge in [-0.1, -0.05) is 0 Å². The van der Waals surface area contributed by atoms with Gasteiger partial charge >= 0.3 is 5.97 Å². The van der Waals surface area contributed by atoms with Gasteiger partial charge in [0.05, 0.1) is 6.26 Å². The summed E-state index contributed by atoms with van der Waals surface area (Å²) in [6.45, 7) is 0. The molecule has 0 aromatic heterocycles. The monoisotopic (exact) mass is 154 g/mol. The van der Waals surface area contributed by atoms with E-state index >= 15 is 0 Å². The molecule has 0 spiro atoms. The molecule has 0 amide bonds. The molecule has 1 atom stereocenters.